The zero-order chi connectivity index (χ0) is 13.8. The monoisotopic (exact) mass is 264 g/mol. The number of hydrogen-bond acceptors (Lipinski definition) is 2. The van der Waals surface area contributed by atoms with Crippen molar-refractivity contribution in [2.24, 2.45) is 0 Å². The first kappa shape index (κ1) is 16.0. The first-order chi connectivity index (χ1) is 9.29. The van der Waals surface area contributed by atoms with Gasteiger partial charge in [-0.25, -0.2) is 0 Å². The zero-order valence-electron chi connectivity index (χ0n) is 12.2. The van der Waals surface area contributed by atoms with Crippen LogP contribution < -0.4 is 4.74 Å². The molecule has 0 radical (unpaired) electrons. The van der Waals surface area contributed by atoms with Gasteiger partial charge < -0.3 is 9.84 Å². The standard InChI is InChI=1S/C17H28O2/c1-16(18)12-8-5-3-2-4-6-11-15-19-17-13-9-7-10-14-17/h7,9-10,13-14,16,18H,2-6,8,11-12,15H2,1H3. The number of ether oxygens (including phenoxy) is 1. The summed E-state index contributed by atoms with van der Waals surface area (Å²) in [6.45, 7) is 2.69. The lowest BCUT2D eigenvalue weighted by Gasteiger charge is -2.06. The Morgan fingerprint density at radius 2 is 1.47 bits per heavy atom. The smallest absolute Gasteiger partial charge is 0.119 e. The highest BCUT2D eigenvalue weighted by atomic mass is 16.5. The summed E-state index contributed by atoms with van der Waals surface area (Å²) in [6, 6.07) is 10.0. The Hall–Kier alpha value is -1.02. The molecule has 0 saturated carbocycles. The van der Waals surface area contributed by atoms with Crippen molar-refractivity contribution in [3.63, 3.8) is 0 Å². The second kappa shape index (κ2) is 10.9. The molecule has 1 aromatic carbocycles. The van der Waals surface area contributed by atoms with Crippen LogP contribution in [0, 0.1) is 0 Å². The van der Waals surface area contributed by atoms with Gasteiger partial charge >= 0.3 is 0 Å². The summed E-state index contributed by atoms with van der Waals surface area (Å²) < 4.78 is 5.65. The Kier molecular flexibility index (Phi) is 9.17. The molecule has 0 saturated heterocycles. The first-order valence-electron chi connectivity index (χ1n) is 7.65. The van der Waals surface area contributed by atoms with E-state index in [1.165, 1.54) is 32.1 Å². The molecule has 0 aromatic heterocycles. The minimum Gasteiger partial charge on any atom is -0.494 e. The Bertz CT molecular complexity index is 295. The molecule has 2 nitrogen and oxygen atoms in total. The third kappa shape index (κ3) is 9.54. The minimum absolute atomic E-state index is 0.130. The molecular formula is C17H28O2. The van der Waals surface area contributed by atoms with Gasteiger partial charge in [0.1, 0.15) is 5.75 Å². The lowest BCUT2D eigenvalue weighted by atomic mass is 10.1. The third-order valence-corrected chi connectivity index (χ3v) is 3.28. The average Bonchev–Trinajstić information content (AvgIpc) is 2.42. The van der Waals surface area contributed by atoms with Gasteiger partial charge in [0.25, 0.3) is 0 Å². The van der Waals surface area contributed by atoms with Gasteiger partial charge in [0.05, 0.1) is 12.7 Å². The highest BCUT2D eigenvalue weighted by Gasteiger charge is 1.96. The summed E-state index contributed by atoms with van der Waals surface area (Å²) in [5, 5.41) is 9.13. The van der Waals surface area contributed by atoms with Gasteiger partial charge in [0, 0.05) is 0 Å². The molecule has 1 N–H and O–H groups in total. The van der Waals surface area contributed by atoms with E-state index in [0.717, 1.165) is 31.6 Å². The van der Waals surface area contributed by atoms with Gasteiger partial charge in [-0.15, -0.1) is 0 Å². The van der Waals surface area contributed by atoms with Gasteiger partial charge in [0.2, 0.25) is 0 Å². The summed E-state index contributed by atoms with van der Waals surface area (Å²) in [6.07, 6.45) is 9.54. The molecular weight excluding hydrogens is 236 g/mol. The van der Waals surface area contributed by atoms with E-state index in [0.29, 0.717) is 0 Å². The molecule has 1 unspecified atom stereocenters. The maximum Gasteiger partial charge on any atom is 0.119 e. The largest absolute Gasteiger partial charge is 0.494 e. The number of hydrogen-bond donors (Lipinski definition) is 1. The van der Waals surface area contributed by atoms with Crippen LogP contribution in [0.4, 0.5) is 0 Å². The van der Waals surface area contributed by atoms with Crippen molar-refractivity contribution in [3.05, 3.63) is 30.3 Å². The van der Waals surface area contributed by atoms with E-state index in [4.69, 9.17) is 9.84 Å². The van der Waals surface area contributed by atoms with E-state index < -0.39 is 0 Å². The van der Waals surface area contributed by atoms with Gasteiger partial charge in [-0.05, 0) is 31.9 Å². The SMILES string of the molecule is CC(O)CCCCCCCCCOc1ccccc1. The van der Waals surface area contributed by atoms with Gasteiger partial charge in [-0.3, -0.25) is 0 Å². The summed E-state index contributed by atoms with van der Waals surface area (Å²) in [7, 11) is 0. The topological polar surface area (TPSA) is 29.5 Å². The van der Waals surface area contributed by atoms with Crippen LogP contribution in [-0.2, 0) is 0 Å². The Balaban J connectivity index is 1.81. The predicted molar refractivity (Wildman–Crippen MR) is 80.6 cm³/mol. The second-order valence-electron chi connectivity index (χ2n) is 5.27. The number of unbranched alkanes of at least 4 members (excludes halogenated alkanes) is 6. The fourth-order valence-electron chi connectivity index (χ4n) is 2.13. The number of aliphatic hydroxyl groups is 1. The van der Waals surface area contributed by atoms with Crippen molar-refractivity contribution in [1.82, 2.24) is 0 Å². The summed E-state index contributed by atoms with van der Waals surface area (Å²) in [5.41, 5.74) is 0. The molecule has 1 rings (SSSR count). The molecule has 1 atom stereocenters. The van der Waals surface area contributed by atoms with Crippen LogP contribution in [0.15, 0.2) is 30.3 Å². The molecule has 0 amide bonds. The summed E-state index contributed by atoms with van der Waals surface area (Å²) in [4.78, 5) is 0. The Morgan fingerprint density at radius 3 is 2.11 bits per heavy atom. The normalized spacial score (nSPS) is 12.3. The molecule has 0 aliphatic carbocycles. The Labute approximate surface area is 117 Å². The van der Waals surface area contributed by atoms with Crippen LogP contribution in [0.2, 0.25) is 0 Å². The van der Waals surface area contributed by atoms with Crippen molar-refractivity contribution >= 4 is 0 Å². The number of rotatable bonds is 11. The van der Waals surface area contributed by atoms with E-state index in [9.17, 15) is 0 Å². The Morgan fingerprint density at radius 1 is 0.895 bits per heavy atom. The minimum atomic E-state index is -0.130. The molecule has 0 heterocycles. The molecule has 0 bridgehead atoms. The quantitative estimate of drug-likeness (QED) is 0.593. The molecule has 19 heavy (non-hydrogen) atoms. The van der Waals surface area contributed by atoms with E-state index in [1.54, 1.807) is 0 Å². The highest BCUT2D eigenvalue weighted by molar-refractivity contribution is 5.20. The molecule has 0 aliphatic heterocycles. The molecule has 0 fully saturated rings. The fourth-order valence-corrected chi connectivity index (χ4v) is 2.13. The first-order valence-corrected chi connectivity index (χ1v) is 7.65. The van der Waals surface area contributed by atoms with E-state index in [2.05, 4.69) is 0 Å². The molecule has 0 spiro atoms. The maximum atomic E-state index is 9.13. The van der Waals surface area contributed by atoms with Gasteiger partial charge in [-0.1, -0.05) is 56.7 Å². The maximum absolute atomic E-state index is 9.13. The van der Waals surface area contributed by atoms with Crippen LogP contribution in [0.5, 0.6) is 5.75 Å². The van der Waals surface area contributed by atoms with Crippen LogP contribution in [0.25, 0.3) is 0 Å². The number of aliphatic hydroxyl groups excluding tert-OH is 1. The summed E-state index contributed by atoms with van der Waals surface area (Å²) in [5.74, 6) is 0.973. The predicted octanol–water partition coefficient (Wildman–Crippen LogP) is 4.57. The molecule has 108 valence electrons. The van der Waals surface area contributed by atoms with Crippen molar-refractivity contribution in [2.45, 2.75) is 64.4 Å². The van der Waals surface area contributed by atoms with Crippen LogP contribution in [0.3, 0.4) is 0 Å². The van der Waals surface area contributed by atoms with E-state index in [1.807, 2.05) is 37.3 Å². The zero-order valence-corrected chi connectivity index (χ0v) is 12.2. The average molecular weight is 264 g/mol. The van der Waals surface area contributed by atoms with E-state index in [-0.39, 0.29) is 6.10 Å². The highest BCUT2D eigenvalue weighted by Crippen LogP contribution is 2.11. The van der Waals surface area contributed by atoms with Gasteiger partial charge in [-0.2, -0.15) is 0 Å². The second-order valence-corrected chi connectivity index (χ2v) is 5.27. The van der Waals surface area contributed by atoms with Crippen molar-refractivity contribution in [1.29, 1.82) is 0 Å². The van der Waals surface area contributed by atoms with Crippen molar-refractivity contribution in [3.8, 4) is 5.75 Å². The van der Waals surface area contributed by atoms with Gasteiger partial charge in [0.15, 0.2) is 0 Å². The lowest BCUT2D eigenvalue weighted by molar-refractivity contribution is 0.180. The molecule has 2 heteroatoms. The van der Waals surface area contributed by atoms with Crippen LogP contribution in [0.1, 0.15) is 58.3 Å². The van der Waals surface area contributed by atoms with Crippen LogP contribution in [-0.4, -0.2) is 17.8 Å². The number of benzene rings is 1. The van der Waals surface area contributed by atoms with Crippen LogP contribution >= 0.6 is 0 Å². The third-order valence-electron chi connectivity index (χ3n) is 3.28. The lowest BCUT2D eigenvalue weighted by Crippen LogP contribution is -1.98. The summed E-state index contributed by atoms with van der Waals surface area (Å²) >= 11 is 0. The molecule has 1 aromatic rings. The fraction of sp³-hybridized carbons (Fsp3) is 0.647. The molecule has 0 aliphatic rings. The van der Waals surface area contributed by atoms with Crippen molar-refractivity contribution < 1.29 is 9.84 Å². The van der Waals surface area contributed by atoms with Crippen molar-refractivity contribution in [2.75, 3.05) is 6.61 Å². The number of para-hydroxylation sites is 1. The van der Waals surface area contributed by atoms with E-state index >= 15 is 0 Å².